The van der Waals surface area contributed by atoms with Crippen molar-refractivity contribution >= 4 is 23.2 Å². The van der Waals surface area contributed by atoms with Gasteiger partial charge in [0.05, 0.1) is 6.07 Å². The first-order chi connectivity index (χ1) is 7.24. The van der Waals surface area contributed by atoms with E-state index in [4.69, 9.17) is 28.5 Å². The van der Waals surface area contributed by atoms with E-state index in [0.717, 1.165) is 18.5 Å². The van der Waals surface area contributed by atoms with Crippen molar-refractivity contribution in [1.29, 1.82) is 5.26 Å². The molecular weight excluding hydrogens is 231 g/mol. The minimum Gasteiger partial charge on any atom is -0.313 e. The third-order valence-corrected chi connectivity index (χ3v) is 2.56. The van der Waals surface area contributed by atoms with Crippen molar-refractivity contribution in [3.63, 3.8) is 0 Å². The van der Waals surface area contributed by atoms with Crippen LogP contribution in [0.3, 0.4) is 0 Å². The lowest BCUT2D eigenvalue weighted by Gasteiger charge is -2.05. The maximum Gasteiger partial charge on any atom is 0.0622 e. The van der Waals surface area contributed by atoms with Gasteiger partial charge in [0.15, 0.2) is 0 Å². The first-order valence-electron chi connectivity index (χ1n) is 4.75. The number of benzene rings is 1. The fourth-order valence-corrected chi connectivity index (χ4v) is 1.66. The summed E-state index contributed by atoms with van der Waals surface area (Å²) in [5.41, 5.74) is 1.03. The van der Waals surface area contributed by atoms with Crippen LogP contribution in [-0.4, -0.2) is 6.54 Å². The highest BCUT2D eigenvalue weighted by molar-refractivity contribution is 6.35. The fourth-order valence-electron chi connectivity index (χ4n) is 1.18. The normalized spacial score (nSPS) is 9.93. The van der Waals surface area contributed by atoms with Crippen LogP contribution in [0.1, 0.15) is 18.4 Å². The van der Waals surface area contributed by atoms with Gasteiger partial charge in [0, 0.05) is 23.0 Å². The molecule has 2 nitrogen and oxygen atoms in total. The van der Waals surface area contributed by atoms with Gasteiger partial charge < -0.3 is 5.32 Å². The van der Waals surface area contributed by atoms with Crippen LogP contribution in [0.25, 0.3) is 0 Å². The van der Waals surface area contributed by atoms with Crippen molar-refractivity contribution in [3.8, 4) is 6.07 Å². The molecule has 0 heterocycles. The maximum absolute atomic E-state index is 8.34. The quantitative estimate of drug-likeness (QED) is 0.804. The Morgan fingerprint density at radius 3 is 2.80 bits per heavy atom. The summed E-state index contributed by atoms with van der Waals surface area (Å²) in [7, 11) is 0. The Kier molecular flexibility index (Phi) is 5.49. The molecule has 0 spiro atoms. The highest BCUT2D eigenvalue weighted by Crippen LogP contribution is 2.20. The number of unbranched alkanes of at least 4 members (excludes halogenated alkanes) is 1. The molecule has 0 aromatic heterocycles. The molecule has 1 aromatic carbocycles. The fraction of sp³-hybridized carbons (Fsp3) is 0.364. The number of halogens is 2. The largest absolute Gasteiger partial charge is 0.313 e. The van der Waals surface area contributed by atoms with E-state index in [0.29, 0.717) is 23.0 Å². The van der Waals surface area contributed by atoms with E-state index in [9.17, 15) is 0 Å². The average Bonchev–Trinajstić information content (AvgIpc) is 2.20. The summed E-state index contributed by atoms with van der Waals surface area (Å²) < 4.78 is 0. The van der Waals surface area contributed by atoms with E-state index in [1.165, 1.54) is 0 Å². The number of nitrogens with zero attached hydrogens (tertiary/aromatic N) is 1. The lowest BCUT2D eigenvalue weighted by Crippen LogP contribution is -2.14. The Bertz CT molecular complexity index is 358. The molecule has 0 fully saturated rings. The Balaban J connectivity index is 2.35. The van der Waals surface area contributed by atoms with Gasteiger partial charge in [-0.3, -0.25) is 0 Å². The van der Waals surface area contributed by atoms with Crippen LogP contribution in [-0.2, 0) is 6.54 Å². The zero-order chi connectivity index (χ0) is 11.1. The summed E-state index contributed by atoms with van der Waals surface area (Å²) >= 11 is 11.8. The van der Waals surface area contributed by atoms with Crippen molar-refractivity contribution in [2.75, 3.05) is 6.54 Å². The van der Waals surface area contributed by atoms with E-state index in [1.807, 2.05) is 12.1 Å². The lowest BCUT2D eigenvalue weighted by atomic mass is 10.2. The highest BCUT2D eigenvalue weighted by atomic mass is 35.5. The van der Waals surface area contributed by atoms with E-state index < -0.39 is 0 Å². The van der Waals surface area contributed by atoms with Gasteiger partial charge in [-0.15, -0.1) is 0 Å². The van der Waals surface area contributed by atoms with Gasteiger partial charge >= 0.3 is 0 Å². The van der Waals surface area contributed by atoms with Crippen LogP contribution < -0.4 is 5.32 Å². The zero-order valence-corrected chi connectivity index (χ0v) is 9.78. The monoisotopic (exact) mass is 242 g/mol. The Morgan fingerprint density at radius 1 is 1.33 bits per heavy atom. The van der Waals surface area contributed by atoms with Crippen LogP contribution in [0.2, 0.25) is 10.0 Å². The highest BCUT2D eigenvalue weighted by Gasteiger charge is 2.00. The number of rotatable bonds is 5. The molecule has 1 rings (SSSR count). The summed E-state index contributed by atoms with van der Waals surface area (Å²) in [6.45, 7) is 1.54. The molecule has 0 aliphatic carbocycles. The summed E-state index contributed by atoms with van der Waals surface area (Å²) in [5.74, 6) is 0. The Labute approximate surface area is 99.8 Å². The lowest BCUT2D eigenvalue weighted by molar-refractivity contribution is 0.657. The molecule has 0 radical (unpaired) electrons. The van der Waals surface area contributed by atoms with E-state index in [2.05, 4.69) is 11.4 Å². The molecule has 4 heteroatoms. The smallest absolute Gasteiger partial charge is 0.0622 e. The summed E-state index contributed by atoms with van der Waals surface area (Å²) in [6.07, 6.45) is 1.45. The van der Waals surface area contributed by atoms with Gasteiger partial charge in [-0.2, -0.15) is 5.26 Å². The molecule has 0 saturated carbocycles. The molecule has 0 aliphatic rings. The molecule has 15 heavy (non-hydrogen) atoms. The van der Waals surface area contributed by atoms with Gasteiger partial charge in [-0.25, -0.2) is 0 Å². The average molecular weight is 243 g/mol. The number of nitrogens with one attached hydrogen (secondary N) is 1. The van der Waals surface area contributed by atoms with Gasteiger partial charge in [0.1, 0.15) is 0 Å². The summed E-state index contributed by atoms with van der Waals surface area (Å²) in [5, 5.41) is 12.9. The predicted molar refractivity (Wildman–Crippen MR) is 63.0 cm³/mol. The molecule has 0 saturated heterocycles. The summed E-state index contributed by atoms with van der Waals surface area (Å²) in [6, 6.07) is 7.56. The second-order valence-corrected chi connectivity index (χ2v) is 4.02. The van der Waals surface area contributed by atoms with E-state index >= 15 is 0 Å². The molecule has 1 aromatic rings. The van der Waals surface area contributed by atoms with Crippen LogP contribution in [0.15, 0.2) is 18.2 Å². The second kappa shape index (κ2) is 6.68. The van der Waals surface area contributed by atoms with Gasteiger partial charge in [-0.05, 0) is 30.7 Å². The first-order valence-corrected chi connectivity index (χ1v) is 5.51. The second-order valence-electron chi connectivity index (χ2n) is 3.17. The van der Waals surface area contributed by atoms with E-state index in [1.54, 1.807) is 6.07 Å². The molecular formula is C11H12Cl2N2. The van der Waals surface area contributed by atoms with Crippen molar-refractivity contribution in [2.24, 2.45) is 0 Å². The van der Waals surface area contributed by atoms with Crippen LogP contribution in [0.4, 0.5) is 0 Å². The summed E-state index contributed by atoms with van der Waals surface area (Å²) in [4.78, 5) is 0. The first kappa shape index (κ1) is 12.3. The molecule has 0 amide bonds. The van der Waals surface area contributed by atoms with Crippen molar-refractivity contribution in [3.05, 3.63) is 33.8 Å². The molecule has 0 bridgehead atoms. The van der Waals surface area contributed by atoms with Crippen molar-refractivity contribution in [2.45, 2.75) is 19.4 Å². The van der Waals surface area contributed by atoms with Crippen LogP contribution in [0, 0.1) is 11.3 Å². The minimum atomic E-state index is 0.585. The number of hydrogen-bond acceptors (Lipinski definition) is 2. The van der Waals surface area contributed by atoms with E-state index in [-0.39, 0.29) is 0 Å². The van der Waals surface area contributed by atoms with Crippen molar-refractivity contribution in [1.82, 2.24) is 5.32 Å². The third-order valence-electron chi connectivity index (χ3n) is 1.97. The van der Waals surface area contributed by atoms with Crippen LogP contribution >= 0.6 is 23.2 Å². The molecule has 0 unspecified atom stereocenters. The third kappa shape index (κ3) is 4.53. The van der Waals surface area contributed by atoms with Gasteiger partial charge in [0.25, 0.3) is 0 Å². The number of hydrogen-bond donors (Lipinski definition) is 1. The molecule has 80 valence electrons. The standard InChI is InChI=1S/C11H12Cl2N2/c12-10-4-3-9(11(13)7-10)8-15-6-2-1-5-14/h3-4,7,15H,1-2,6,8H2. The van der Waals surface area contributed by atoms with Gasteiger partial charge in [0.2, 0.25) is 0 Å². The van der Waals surface area contributed by atoms with Crippen LogP contribution in [0.5, 0.6) is 0 Å². The number of nitriles is 1. The maximum atomic E-state index is 8.34. The Morgan fingerprint density at radius 2 is 2.13 bits per heavy atom. The van der Waals surface area contributed by atoms with Gasteiger partial charge in [-0.1, -0.05) is 29.3 Å². The topological polar surface area (TPSA) is 35.8 Å². The molecule has 0 atom stereocenters. The predicted octanol–water partition coefficient (Wildman–Crippen LogP) is 3.39. The zero-order valence-electron chi connectivity index (χ0n) is 8.26. The van der Waals surface area contributed by atoms with Crippen molar-refractivity contribution < 1.29 is 0 Å². The SMILES string of the molecule is N#CCCCNCc1ccc(Cl)cc1Cl. The minimum absolute atomic E-state index is 0.585. The molecule has 1 N–H and O–H groups in total. The Hall–Kier alpha value is -0.750. The molecule has 0 aliphatic heterocycles.